The lowest BCUT2D eigenvalue weighted by Gasteiger charge is -2.30. The quantitative estimate of drug-likeness (QED) is 0.180. The van der Waals surface area contributed by atoms with E-state index < -0.39 is 6.03 Å². The van der Waals surface area contributed by atoms with Crippen LogP contribution in [-0.2, 0) is 13.1 Å². The molecule has 1 aliphatic heterocycles. The Balaban J connectivity index is 1.09. The maximum Gasteiger partial charge on any atom is 0.341 e. The molecule has 0 radical (unpaired) electrons. The first-order valence-corrected chi connectivity index (χ1v) is 14.3. The van der Waals surface area contributed by atoms with Crippen molar-refractivity contribution in [3.63, 3.8) is 0 Å². The number of hydrogen-bond acceptors (Lipinski definition) is 5. The van der Waals surface area contributed by atoms with Crippen molar-refractivity contribution in [2.45, 2.75) is 32.9 Å². The number of urea groups is 1. The number of anilines is 1. The summed E-state index contributed by atoms with van der Waals surface area (Å²) in [7, 11) is 0. The van der Waals surface area contributed by atoms with Gasteiger partial charge in [0.1, 0.15) is 0 Å². The zero-order valence-corrected chi connectivity index (χ0v) is 22.8. The molecule has 2 aromatic heterocycles. The summed E-state index contributed by atoms with van der Waals surface area (Å²) in [4.78, 5) is 19.7. The minimum atomic E-state index is -0.416. The normalized spacial score (nSPS) is 14.9. The fourth-order valence-electron chi connectivity index (χ4n) is 5.17. The third-order valence-corrected chi connectivity index (χ3v) is 8.27. The number of piperidine rings is 1. The Morgan fingerprint density at radius 3 is 2.67 bits per heavy atom. The van der Waals surface area contributed by atoms with Gasteiger partial charge in [0.15, 0.2) is 5.13 Å². The number of carbonyl (C=O) groups excluding carboxylic acids is 1. The number of nitrogens with one attached hydrogen (secondary N) is 2. The van der Waals surface area contributed by atoms with E-state index in [0.29, 0.717) is 5.13 Å². The number of carbonyl (C=O) groups is 1. The highest BCUT2D eigenvalue weighted by Gasteiger charge is 2.16. The van der Waals surface area contributed by atoms with Gasteiger partial charge in [-0.1, -0.05) is 72.9 Å². The summed E-state index contributed by atoms with van der Waals surface area (Å²) in [6.07, 6.45) is 6.29. The first-order valence-electron chi connectivity index (χ1n) is 13.4. The molecule has 39 heavy (non-hydrogen) atoms. The molecule has 8 heteroatoms. The number of fused-ring (bicyclic) bond motifs is 2. The highest BCUT2D eigenvalue weighted by molar-refractivity contribution is 7.22. The summed E-state index contributed by atoms with van der Waals surface area (Å²) >= 11 is 1.48. The van der Waals surface area contributed by atoms with E-state index in [1.165, 1.54) is 35.3 Å². The van der Waals surface area contributed by atoms with Gasteiger partial charge >= 0.3 is 6.03 Å². The lowest BCUT2D eigenvalue weighted by atomic mass is 9.99. The smallest absolute Gasteiger partial charge is 0.341 e. The van der Waals surface area contributed by atoms with Crippen LogP contribution in [0.5, 0.6) is 0 Å². The van der Waals surface area contributed by atoms with Crippen LogP contribution in [0, 0.1) is 5.92 Å². The van der Waals surface area contributed by atoms with Gasteiger partial charge in [-0.3, -0.25) is 10.2 Å². The van der Waals surface area contributed by atoms with Crippen molar-refractivity contribution in [1.29, 1.82) is 0 Å². The lowest BCUT2D eigenvalue weighted by molar-refractivity contribution is 0.185. The van der Waals surface area contributed by atoms with Crippen molar-refractivity contribution >= 4 is 49.8 Å². The molecule has 198 valence electrons. The third-order valence-electron chi connectivity index (χ3n) is 7.34. The largest absolute Gasteiger partial charge is 0.342 e. The number of benzene rings is 3. The van der Waals surface area contributed by atoms with E-state index in [2.05, 4.69) is 79.8 Å². The van der Waals surface area contributed by atoms with Gasteiger partial charge in [-0.05, 0) is 61.2 Å². The summed E-state index contributed by atoms with van der Waals surface area (Å²) in [6, 6.07) is 24.5. The van der Waals surface area contributed by atoms with Crippen LogP contribution in [0.3, 0.4) is 0 Å². The van der Waals surface area contributed by atoms with Gasteiger partial charge in [0, 0.05) is 35.8 Å². The first kappa shape index (κ1) is 25.3. The van der Waals surface area contributed by atoms with E-state index in [9.17, 15) is 4.79 Å². The Morgan fingerprint density at radius 1 is 1.03 bits per heavy atom. The molecule has 3 aromatic carbocycles. The average Bonchev–Trinajstić information content (AvgIpc) is 3.51. The minimum absolute atomic E-state index is 0.416. The molecule has 2 N–H and O–H groups in total. The second-order valence-corrected chi connectivity index (χ2v) is 11.3. The Hall–Kier alpha value is -4.01. The van der Waals surface area contributed by atoms with Gasteiger partial charge in [-0.15, -0.1) is 0 Å². The van der Waals surface area contributed by atoms with Gasteiger partial charge in [0.25, 0.3) is 0 Å². The number of hydrazone groups is 1. The van der Waals surface area contributed by atoms with Gasteiger partial charge < -0.3 is 4.57 Å². The molecule has 7 nitrogen and oxygen atoms in total. The van der Waals surface area contributed by atoms with Gasteiger partial charge in [-0.2, -0.15) is 5.10 Å². The van der Waals surface area contributed by atoms with Crippen molar-refractivity contribution in [3.8, 4) is 0 Å². The van der Waals surface area contributed by atoms with Crippen LogP contribution in [0.1, 0.15) is 36.5 Å². The van der Waals surface area contributed by atoms with Crippen LogP contribution >= 0.6 is 11.3 Å². The highest BCUT2D eigenvalue weighted by atomic mass is 32.1. The maximum atomic E-state index is 12.6. The molecule has 0 aliphatic carbocycles. The van der Waals surface area contributed by atoms with E-state index in [1.807, 2.05) is 36.4 Å². The Bertz CT molecular complexity index is 1610. The number of likely N-dealkylation sites (tertiary alicyclic amines) is 1. The average molecular weight is 537 g/mol. The van der Waals surface area contributed by atoms with E-state index in [-0.39, 0.29) is 0 Å². The standard InChI is InChI=1S/C31H32N6OS/c1-22-13-15-36(16-14-22)19-24-11-12-27-29(17-24)39-31(33-27)34-30(38)35-32-18-25-21-37(20-23-7-3-2-4-8-23)28-10-6-5-9-26(25)28/h2-12,17-18,21-22H,13-16,19-20H2,1H3,(H2,33,34,35,38)/b32-18+. The molecule has 5 aromatic rings. The van der Waals surface area contributed by atoms with Crippen LogP contribution < -0.4 is 10.7 Å². The molecule has 1 aliphatic rings. The van der Waals surface area contributed by atoms with Crippen molar-refractivity contribution in [2.75, 3.05) is 18.4 Å². The number of thiazole rings is 1. The zero-order valence-electron chi connectivity index (χ0n) is 22.0. The molecule has 3 heterocycles. The number of amides is 2. The van der Waals surface area contributed by atoms with Crippen LogP contribution in [0.25, 0.3) is 21.1 Å². The van der Waals surface area contributed by atoms with Crippen LogP contribution in [0.4, 0.5) is 9.93 Å². The minimum Gasteiger partial charge on any atom is -0.342 e. The second-order valence-electron chi connectivity index (χ2n) is 10.3. The van der Waals surface area contributed by atoms with Gasteiger partial charge in [-0.25, -0.2) is 15.2 Å². The van der Waals surface area contributed by atoms with E-state index in [1.54, 1.807) is 6.21 Å². The van der Waals surface area contributed by atoms with Crippen molar-refractivity contribution in [3.05, 3.63) is 95.7 Å². The summed E-state index contributed by atoms with van der Waals surface area (Å²) in [5.74, 6) is 0.828. The number of hydrogen-bond donors (Lipinski definition) is 2. The Kier molecular flexibility index (Phi) is 7.38. The van der Waals surface area contributed by atoms with Gasteiger partial charge in [0.05, 0.1) is 16.4 Å². The Labute approximate surface area is 232 Å². The third kappa shape index (κ3) is 6.02. The summed E-state index contributed by atoms with van der Waals surface area (Å²) < 4.78 is 3.27. The number of aromatic nitrogens is 2. The monoisotopic (exact) mass is 536 g/mol. The van der Waals surface area contributed by atoms with Gasteiger partial charge in [0.2, 0.25) is 0 Å². The molecule has 1 saturated heterocycles. The summed E-state index contributed by atoms with van der Waals surface area (Å²) in [6.45, 7) is 6.37. The van der Waals surface area contributed by atoms with Crippen LogP contribution in [-0.4, -0.2) is 39.8 Å². The molecule has 0 atom stereocenters. The Morgan fingerprint density at radius 2 is 1.82 bits per heavy atom. The number of nitrogens with zero attached hydrogens (tertiary/aromatic N) is 4. The topological polar surface area (TPSA) is 74.6 Å². The fourth-order valence-corrected chi connectivity index (χ4v) is 6.10. The molecule has 0 bridgehead atoms. The highest BCUT2D eigenvalue weighted by Crippen LogP contribution is 2.28. The van der Waals surface area contributed by atoms with Crippen molar-refractivity contribution in [2.24, 2.45) is 11.0 Å². The zero-order chi connectivity index (χ0) is 26.6. The predicted molar refractivity (Wildman–Crippen MR) is 161 cm³/mol. The fraction of sp³-hybridized carbons (Fsp3) is 0.258. The second kappa shape index (κ2) is 11.4. The number of rotatable bonds is 7. The van der Waals surface area contributed by atoms with E-state index >= 15 is 0 Å². The molecule has 0 saturated carbocycles. The molecular formula is C31H32N6OS. The van der Waals surface area contributed by atoms with Crippen molar-refractivity contribution < 1.29 is 4.79 Å². The molecule has 0 unspecified atom stereocenters. The first-order chi connectivity index (χ1) is 19.1. The summed E-state index contributed by atoms with van der Waals surface area (Å²) in [5, 5.41) is 8.68. The molecular weight excluding hydrogens is 504 g/mol. The SMILES string of the molecule is CC1CCN(Cc2ccc3nc(NC(=O)N/N=C/c4cn(Cc5ccccc5)c5ccccc45)sc3c2)CC1. The van der Waals surface area contributed by atoms with Crippen molar-refractivity contribution in [1.82, 2.24) is 19.9 Å². The predicted octanol–water partition coefficient (Wildman–Crippen LogP) is 6.69. The lowest BCUT2D eigenvalue weighted by Crippen LogP contribution is -2.32. The number of para-hydroxylation sites is 1. The maximum absolute atomic E-state index is 12.6. The van der Waals surface area contributed by atoms with E-state index in [4.69, 9.17) is 0 Å². The van der Waals surface area contributed by atoms with Crippen LogP contribution in [0.15, 0.2) is 84.1 Å². The molecule has 2 amide bonds. The molecule has 6 rings (SSSR count). The molecule has 0 spiro atoms. The van der Waals surface area contributed by atoms with Crippen LogP contribution in [0.2, 0.25) is 0 Å². The summed E-state index contributed by atoms with van der Waals surface area (Å²) in [5.41, 5.74) is 8.05. The van der Waals surface area contributed by atoms with E-state index in [0.717, 1.165) is 58.8 Å². The molecule has 1 fully saturated rings.